The van der Waals surface area contributed by atoms with Crippen molar-refractivity contribution < 1.29 is 19.1 Å². The van der Waals surface area contributed by atoms with Crippen LogP contribution in [0.1, 0.15) is 37.6 Å². The molecule has 5 heteroatoms. The highest BCUT2D eigenvalue weighted by molar-refractivity contribution is 6.74. The number of ether oxygens (including phenoxy) is 1. The molecule has 1 unspecified atom stereocenters. The van der Waals surface area contributed by atoms with E-state index >= 15 is 0 Å². The molecule has 0 aliphatic carbocycles. The molecule has 0 amide bonds. The van der Waals surface area contributed by atoms with Gasteiger partial charge in [-0.1, -0.05) is 39.0 Å². The van der Waals surface area contributed by atoms with Gasteiger partial charge in [-0.05, 0) is 30.3 Å². The number of carbonyl (C=O) groups is 1. The number of hydrogen-bond acceptors (Lipinski definition) is 4. The lowest BCUT2D eigenvalue weighted by atomic mass is 10.2. The highest BCUT2D eigenvalue weighted by Gasteiger charge is 2.38. The Morgan fingerprint density at radius 3 is 2.32 bits per heavy atom. The van der Waals surface area contributed by atoms with Crippen LogP contribution in [0.4, 0.5) is 0 Å². The first-order valence-corrected chi connectivity index (χ1v) is 10.6. The predicted molar refractivity (Wildman–Crippen MR) is 90.5 cm³/mol. The summed E-state index contributed by atoms with van der Waals surface area (Å²) in [5.41, 5.74) is 0.536. The first-order chi connectivity index (χ1) is 10.2. The van der Waals surface area contributed by atoms with E-state index in [1.165, 1.54) is 0 Å². The normalized spacial score (nSPS) is 13.7. The van der Waals surface area contributed by atoms with Gasteiger partial charge >= 0.3 is 5.97 Å². The molecule has 1 rings (SSSR count). The van der Waals surface area contributed by atoms with Crippen LogP contribution in [-0.2, 0) is 9.16 Å². The van der Waals surface area contributed by atoms with E-state index in [1.807, 2.05) is 6.07 Å². The topological polar surface area (TPSA) is 55.8 Å². The van der Waals surface area contributed by atoms with Gasteiger partial charge in [0, 0.05) is 6.42 Å². The van der Waals surface area contributed by atoms with Gasteiger partial charge in [0.1, 0.15) is 0 Å². The molecule has 0 aliphatic heterocycles. The standard InChI is InChI=1S/C17H28O4Si/c1-17(2,3)22(4,5)21-15(13-18)11-12-20-16(19)14-9-7-6-8-10-14/h6-10,15,18H,11-13H2,1-5H3. The minimum Gasteiger partial charge on any atom is -0.462 e. The summed E-state index contributed by atoms with van der Waals surface area (Å²) in [7, 11) is -1.93. The fraction of sp³-hybridized carbons (Fsp3) is 0.588. The Morgan fingerprint density at radius 2 is 1.82 bits per heavy atom. The summed E-state index contributed by atoms with van der Waals surface area (Å²) < 4.78 is 11.4. The fourth-order valence-electron chi connectivity index (χ4n) is 1.72. The molecule has 0 fully saturated rings. The van der Waals surface area contributed by atoms with E-state index < -0.39 is 8.32 Å². The highest BCUT2D eigenvalue weighted by atomic mass is 28.4. The average Bonchev–Trinajstić information content (AvgIpc) is 2.45. The van der Waals surface area contributed by atoms with Crippen LogP contribution in [0.2, 0.25) is 18.1 Å². The van der Waals surface area contributed by atoms with E-state index in [2.05, 4.69) is 33.9 Å². The van der Waals surface area contributed by atoms with Crippen molar-refractivity contribution in [1.82, 2.24) is 0 Å². The minimum atomic E-state index is -1.93. The van der Waals surface area contributed by atoms with E-state index in [0.29, 0.717) is 12.0 Å². The molecule has 0 heterocycles. The molecule has 22 heavy (non-hydrogen) atoms. The molecule has 1 atom stereocenters. The number of rotatable bonds is 7. The van der Waals surface area contributed by atoms with Crippen LogP contribution >= 0.6 is 0 Å². The van der Waals surface area contributed by atoms with Crippen molar-refractivity contribution in [2.45, 2.75) is 51.4 Å². The Bertz CT molecular complexity index is 465. The Hall–Kier alpha value is -1.17. The van der Waals surface area contributed by atoms with E-state index in [9.17, 15) is 9.90 Å². The maximum Gasteiger partial charge on any atom is 0.338 e. The van der Waals surface area contributed by atoms with Gasteiger partial charge in [0.15, 0.2) is 8.32 Å². The third-order valence-corrected chi connectivity index (χ3v) is 8.69. The lowest BCUT2D eigenvalue weighted by molar-refractivity contribution is 0.0370. The summed E-state index contributed by atoms with van der Waals surface area (Å²) in [6.07, 6.45) is 0.214. The van der Waals surface area contributed by atoms with Crippen LogP contribution in [0, 0.1) is 0 Å². The van der Waals surface area contributed by atoms with Gasteiger partial charge in [0.05, 0.1) is 24.9 Å². The molecule has 4 nitrogen and oxygen atoms in total. The summed E-state index contributed by atoms with van der Waals surface area (Å²) in [5, 5.41) is 9.58. The van der Waals surface area contributed by atoms with Crippen molar-refractivity contribution >= 4 is 14.3 Å². The first-order valence-electron chi connectivity index (χ1n) is 7.68. The zero-order valence-electron chi connectivity index (χ0n) is 14.3. The van der Waals surface area contributed by atoms with E-state index in [0.717, 1.165) is 0 Å². The molecule has 1 N–H and O–H groups in total. The zero-order chi connectivity index (χ0) is 16.8. The van der Waals surface area contributed by atoms with Crippen LogP contribution in [0.15, 0.2) is 30.3 Å². The van der Waals surface area contributed by atoms with Crippen molar-refractivity contribution in [3.05, 3.63) is 35.9 Å². The lowest BCUT2D eigenvalue weighted by Gasteiger charge is -2.38. The summed E-state index contributed by atoms with van der Waals surface area (Å²) in [6.45, 7) is 10.9. The second kappa shape index (κ2) is 7.90. The maximum atomic E-state index is 11.8. The van der Waals surface area contributed by atoms with E-state index in [-0.39, 0.29) is 30.3 Å². The molecule has 0 bridgehead atoms. The van der Waals surface area contributed by atoms with Gasteiger partial charge in [-0.3, -0.25) is 0 Å². The van der Waals surface area contributed by atoms with E-state index in [4.69, 9.17) is 9.16 Å². The molecule has 0 radical (unpaired) electrons. The van der Waals surface area contributed by atoms with Crippen LogP contribution in [0.25, 0.3) is 0 Å². The van der Waals surface area contributed by atoms with Crippen LogP contribution < -0.4 is 0 Å². The van der Waals surface area contributed by atoms with Crippen LogP contribution in [0.3, 0.4) is 0 Å². The Labute approximate surface area is 134 Å². The number of esters is 1. The summed E-state index contributed by atoms with van der Waals surface area (Å²) in [6, 6.07) is 8.89. The fourth-order valence-corrected chi connectivity index (χ4v) is 3.10. The predicted octanol–water partition coefficient (Wildman–Crippen LogP) is 3.62. The first kappa shape index (κ1) is 18.9. The molecule has 0 aliphatic rings. The van der Waals surface area contributed by atoms with Crippen molar-refractivity contribution in [2.75, 3.05) is 13.2 Å². The Balaban J connectivity index is 2.46. The summed E-state index contributed by atoms with van der Waals surface area (Å²) >= 11 is 0. The van der Waals surface area contributed by atoms with Crippen molar-refractivity contribution in [2.24, 2.45) is 0 Å². The number of benzene rings is 1. The quantitative estimate of drug-likeness (QED) is 0.615. The monoisotopic (exact) mass is 324 g/mol. The molecule has 0 spiro atoms. The smallest absolute Gasteiger partial charge is 0.338 e. The molecule has 0 saturated carbocycles. The van der Waals surface area contributed by atoms with Gasteiger partial charge in [-0.15, -0.1) is 0 Å². The second-order valence-electron chi connectivity index (χ2n) is 6.97. The molecule has 0 saturated heterocycles. The number of carbonyl (C=O) groups excluding carboxylic acids is 1. The minimum absolute atomic E-state index is 0.0601. The maximum absolute atomic E-state index is 11.8. The molecule has 0 aromatic heterocycles. The van der Waals surface area contributed by atoms with Gasteiger partial charge in [-0.25, -0.2) is 4.79 Å². The van der Waals surface area contributed by atoms with Gasteiger partial charge in [0.2, 0.25) is 0 Å². The molecule has 124 valence electrons. The molecule has 1 aromatic rings. The average molecular weight is 324 g/mol. The Morgan fingerprint density at radius 1 is 1.23 bits per heavy atom. The third kappa shape index (κ3) is 5.55. The molecular formula is C17H28O4Si. The number of hydrogen-bond donors (Lipinski definition) is 1. The van der Waals surface area contributed by atoms with Gasteiger partial charge in [-0.2, -0.15) is 0 Å². The SMILES string of the molecule is CC(C)(C)[Si](C)(C)OC(CO)CCOC(=O)c1ccccc1. The van der Waals surface area contributed by atoms with Crippen molar-refractivity contribution in [1.29, 1.82) is 0 Å². The summed E-state index contributed by atoms with van der Waals surface area (Å²) in [5.74, 6) is -0.343. The van der Waals surface area contributed by atoms with Gasteiger partial charge < -0.3 is 14.3 Å². The number of aliphatic hydroxyl groups excluding tert-OH is 1. The van der Waals surface area contributed by atoms with Crippen molar-refractivity contribution in [3.63, 3.8) is 0 Å². The van der Waals surface area contributed by atoms with Crippen LogP contribution in [0.5, 0.6) is 0 Å². The molecule has 1 aromatic carbocycles. The largest absolute Gasteiger partial charge is 0.462 e. The summed E-state index contributed by atoms with van der Waals surface area (Å²) in [4.78, 5) is 11.8. The number of aliphatic hydroxyl groups is 1. The zero-order valence-corrected chi connectivity index (χ0v) is 15.3. The molecular weight excluding hydrogens is 296 g/mol. The highest BCUT2D eigenvalue weighted by Crippen LogP contribution is 2.37. The van der Waals surface area contributed by atoms with Crippen molar-refractivity contribution in [3.8, 4) is 0 Å². The Kier molecular flexibility index (Phi) is 6.78. The van der Waals surface area contributed by atoms with Crippen LogP contribution in [-0.4, -0.2) is 38.7 Å². The van der Waals surface area contributed by atoms with Gasteiger partial charge in [0.25, 0.3) is 0 Å². The third-order valence-electron chi connectivity index (χ3n) is 4.15. The lowest BCUT2D eigenvalue weighted by Crippen LogP contribution is -2.45. The second-order valence-corrected chi connectivity index (χ2v) is 11.7. The van der Waals surface area contributed by atoms with E-state index in [1.54, 1.807) is 24.3 Å².